The molecule has 0 radical (unpaired) electrons. The molecule has 3 aromatic rings. The summed E-state index contributed by atoms with van der Waals surface area (Å²) in [7, 11) is 0. The normalized spacial score (nSPS) is 15.4. The molecule has 1 unspecified atom stereocenters. The van der Waals surface area contributed by atoms with E-state index in [0.717, 1.165) is 17.5 Å². The number of halogens is 3. The molecule has 148 valence electrons. The van der Waals surface area contributed by atoms with Gasteiger partial charge >= 0.3 is 0 Å². The first-order valence-corrected chi connectivity index (χ1v) is 8.81. The minimum absolute atomic E-state index is 0.0321. The number of aromatic nitrogens is 4. The predicted molar refractivity (Wildman–Crippen MR) is 93.6 cm³/mol. The van der Waals surface area contributed by atoms with Gasteiger partial charge in [-0.1, -0.05) is 6.07 Å². The van der Waals surface area contributed by atoms with Crippen LogP contribution in [0.3, 0.4) is 0 Å². The van der Waals surface area contributed by atoms with E-state index in [-0.39, 0.29) is 40.8 Å². The van der Waals surface area contributed by atoms with Crippen molar-refractivity contribution in [2.75, 3.05) is 6.61 Å². The topological polar surface area (TPSA) is 93.0 Å². The maximum atomic E-state index is 14.9. The Balaban J connectivity index is 1.90. The number of hydrogen-bond donors (Lipinski definition) is 2. The van der Waals surface area contributed by atoms with E-state index < -0.39 is 23.9 Å². The molecule has 0 amide bonds. The van der Waals surface area contributed by atoms with Gasteiger partial charge in [0.1, 0.15) is 23.0 Å². The number of nitrogens with one attached hydrogen (secondary N) is 1. The molecule has 0 spiro atoms. The average molecular weight is 394 g/mol. The molecule has 1 aliphatic carbocycles. The minimum Gasteiger partial charge on any atom is -0.465 e. The molecule has 1 saturated carbocycles. The Labute approximate surface area is 156 Å². The van der Waals surface area contributed by atoms with Crippen LogP contribution in [0.15, 0.2) is 23.1 Å². The predicted octanol–water partition coefficient (Wildman–Crippen LogP) is 2.82. The van der Waals surface area contributed by atoms with E-state index in [9.17, 15) is 23.1 Å². The zero-order chi connectivity index (χ0) is 20.0. The van der Waals surface area contributed by atoms with Gasteiger partial charge in [0.15, 0.2) is 5.65 Å². The fourth-order valence-corrected chi connectivity index (χ4v) is 3.11. The Morgan fingerprint density at radius 2 is 2.14 bits per heavy atom. The molecule has 7 nitrogen and oxygen atoms in total. The van der Waals surface area contributed by atoms with Crippen LogP contribution in [-0.4, -0.2) is 37.9 Å². The lowest BCUT2D eigenvalue weighted by Crippen LogP contribution is -2.14. The van der Waals surface area contributed by atoms with Crippen molar-refractivity contribution < 1.29 is 23.0 Å². The largest absolute Gasteiger partial charge is 0.465 e. The standard InChI is InChI=1S/C18H17F3N4O3/c1-2-28-18-22-16-11(17(27)23-18)7-25(24-16)13-10(14(26)15(20)21)5-9(6-12(13)19)8-3-4-8/h5-8,14-15,26H,2-4H2,1H3,(H,22,23,24,27). The number of aliphatic hydroxyl groups is 1. The SMILES string of the molecule is CCOc1nc2nn(-c3c(F)cc(C4CC4)cc3C(O)C(F)F)cc2c(=O)[nH]1. The van der Waals surface area contributed by atoms with Crippen molar-refractivity contribution in [2.45, 2.75) is 38.2 Å². The first-order chi connectivity index (χ1) is 13.4. The fourth-order valence-electron chi connectivity index (χ4n) is 3.11. The third-order valence-electron chi connectivity index (χ3n) is 4.60. The van der Waals surface area contributed by atoms with Gasteiger partial charge in [-0.3, -0.25) is 9.78 Å². The van der Waals surface area contributed by atoms with Gasteiger partial charge in [-0.05, 0) is 37.3 Å². The number of aliphatic hydroxyl groups excluding tert-OH is 1. The average Bonchev–Trinajstić information content (AvgIpc) is 3.40. The van der Waals surface area contributed by atoms with Crippen LogP contribution in [0.4, 0.5) is 13.2 Å². The number of ether oxygens (including phenoxy) is 1. The fraction of sp³-hybridized carbons (Fsp3) is 0.389. The number of alkyl halides is 2. The lowest BCUT2D eigenvalue weighted by Gasteiger charge is -2.17. The summed E-state index contributed by atoms with van der Waals surface area (Å²) in [5.41, 5.74) is -0.665. The van der Waals surface area contributed by atoms with Crippen molar-refractivity contribution in [3.05, 3.63) is 45.6 Å². The number of fused-ring (bicyclic) bond motifs is 1. The smallest absolute Gasteiger partial charge is 0.298 e. The molecule has 2 heterocycles. The highest BCUT2D eigenvalue weighted by molar-refractivity contribution is 5.73. The highest BCUT2D eigenvalue weighted by atomic mass is 19.3. The molecule has 10 heteroatoms. The van der Waals surface area contributed by atoms with Crippen molar-refractivity contribution in [3.63, 3.8) is 0 Å². The molecule has 1 aromatic carbocycles. The number of aromatic amines is 1. The Kier molecular flexibility index (Phi) is 4.58. The van der Waals surface area contributed by atoms with E-state index in [1.807, 2.05) is 0 Å². The van der Waals surface area contributed by atoms with Crippen molar-refractivity contribution in [1.82, 2.24) is 19.7 Å². The van der Waals surface area contributed by atoms with Crippen LogP contribution < -0.4 is 10.3 Å². The summed E-state index contributed by atoms with van der Waals surface area (Å²) < 4.78 is 47.4. The maximum absolute atomic E-state index is 14.9. The molecule has 28 heavy (non-hydrogen) atoms. The first-order valence-electron chi connectivity index (χ1n) is 8.81. The van der Waals surface area contributed by atoms with Crippen LogP contribution in [0.5, 0.6) is 6.01 Å². The van der Waals surface area contributed by atoms with Crippen molar-refractivity contribution in [1.29, 1.82) is 0 Å². The summed E-state index contributed by atoms with van der Waals surface area (Å²) in [6.07, 6.45) is -2.43. The maximum Gasteiger partial charge on any atom is 0.298 e. The van der Waals surface area contributed by atoms with Gasteiger partial charge in [-0.25, -0.2) is 17.9 Å². The second-order valence-corrected chi connectivity index (χ2v) is 6.61. The molecule has 1 atom stereocenters. The summed E-state index contributed by atoms with van der Waals surface area (Å²) in [5, 5.41) is 14.1. The van der Waals surface area contributed by atoms with Gasteiger partial charge in [0.2, 0.25) is 0 Å². The van der Waals surface area contributed by atoms with Gasteiger partial charge in [0.25, 0.3) is 18.0 Å². The molecule has 4 rings (SSSR count). The van der Waals surface area contributed by atoms with Crippen LogP contribution in [0.2, 0.25) is 0 Å². The lowest BCUT2D eigenvalue weighted by molar-refractivity contribution is -0.00602. The van der Waals surface area contributed by atoms with Crippen LogP contribution in [0, 0.1) is 5.82 Å². The zero-order valence-corrected chi connectivity index (χ0v) is 14.8. The van der Waals surface area contributed by atoms with Gasteiger partial charge < -0.3 is 9.84 Å². The second-order valence-electron chi connectivity index (χ2n) is 6.61. The first kappa shape index (κ1) is 18.5. The van der Waals surface area contributed by atoms with E-state index in [1.54, 1.807) is 6.92 Å². The number of H-pyrrole nitrogens is 1. The Morgan fingerprint density at radius 3 is 2.79 bits per heavy atom. The quantitative estimate of drug-likeness (QED) is 0.671. The number of nitrogens with zero attached hydrogens (tertiary/aromatic N) is 3. The van der Waals surface area contributed by atoms with E-state index in [2.05, 4.69) is 15.1 Å². The lowest BCUT2D eigenvalue weighted by atomic mass is 10.0. The summed E-state index contributed by atoms with van der Waals surface area (Å²) in [6, 6.07) is 2.58. The van der Waals surface area contributed by atoms with Crippen LogP contribution >= 0.6 is 0 Å². The van der Waals surface area contributed by atoms with E-state index in [4.69, 9.17) is 4.74 Å². The molecule has 2 N–H and O–H groups in total. The van der Waals surface area contributed by atoms with Gasteiger partial charge in [-0.2, -0.15) is 4.98 Å². The van der Waals surface area contributed by atoms with E-state index >= 15 is 0 Å². The molecular formula is C18H17F3N4O3. The molecular weight excluding hydrogens is 377 g/mol. The highest BCUT2D eigenvalue weighted by Gasteiger charge is 2.31. The molecule has 1 fully saturated rings. The van der Waals surface area contributed by atoms with Gasteiger partial charge in [0.05, 0.1) is 6.61 Å². The minimum atomic E-state index is -3.11. The molecule has 1 aliphatic rings. The molecule has 2 aromatic heterocycles. The van der Waals surface area contributed by atoms with E-state index in [0.29, 0.717) is 5.56 Å². The van der Waals surface area contributed by atoms with Crippen molar-refractivity contribution in [2.24, 2.45) is 0 Å². The van der Waals surface area contributed by atoms with Crippen molar-refractivity contribution in [3.8, 4) is 11.7 Å². The Bertz CT molecular complexity index is 1090. The van der Waals surface area contributed by atoms with Crippen LogP contribution in [0.1, 0.15) is 42.9 Å². The third kappa shape index (κ3) is 3.24. The monoisotopic (exact) mass is 394 g/mol. The van der Waals surface area contributed by atoms with Gasteiger partial charge in [-0.15, -0.1) is 5.10 Å². The number of hydrogen-bond acceptors (Lipinski definition) is 5. The Morgan fingerprint density at radius 1 is 1.39 bits per heavy atom. The second kappa shape index (κ2) is 6.93. The van der Waals surface area contributed by atoms with E-state index in [1.165, 1.54) is 18.3 Å². The summed E-state index contributed by atoms with van der Waals surface area (Å²) in [5.74, 6) is -0.713. The van der Waals surface area contributed by atoms with Crippen LogP contribution in [0.25, 0.3) is 16.7 Å². The number of benzene rings is 1. The summed E-state index contributed by atoms with van der Waals surface area (Å²) >= 11 is 0. The highest BCUT2D eigenvalue weighted by Crippen LogP contribution is 2.42. The molecule has 0 bridgehead atoms. The molecule has 0 aliphatic heterocycles. The summed E-state index contributed by atoms with van der Waals surface area (Å²) in [6.45, 7) is 1.97. The zero-order valence-electron chi connectivity index (χ0n) is 14.8. The van der Waals surface area contributed by atoms with Crippen LogP contribution in [-0.2, 0) is 0 Å². The number of rotatable bonds is 6. The molecule has 0 saturated heterocycles. The van der Waals surface area contributed by atoms with Gasteiger partial charge in [0, 0.05) is 11.8 Å². The Hall–Kier alpha value is -2.88. The third-order valence-corrected chi connectivity index (χ3v) is 4.60. The summed E-state index contributed by atoms with van der Waals surface area (Å²) in [4.78, 5) is 18.6. The van der Waals surface area contributed by atoms with Crippen molar-refractivity contribution >= 4 is 11.0 Å².